The molecular formula is C24H33N3O3S. The molecule has 0 spiro atoms. The molecule has 0 bridgehead atoms. The largest absolute Gasteiger partial charge is 0.348 e. The van der Waals surface area contributed by atoms with Gasteiger partial charge in [-0.15, -0.1) is 0 Å². The number of carbonyl (C=O) groups excluding carboxylic acids is 1. The summed E-state index contributed by atoms with van der Waals surface area (Å²) in [6.07, 6.45) is 3.78. The van der Waals surface area contributed by atoms with Crippen LogP contribution in [0.2, 0.25) is 0 Å². The van der Waals surface area contributed by atoms with E-state index in [2.05, 4.69) is 21.0 Å². The van der Waals surface area contributed by atoms with Crippen LogP contribution in [0.5, 0.6) is 0 Å². The fourth-order valence-electron chi connectivity index (χ4n) is 3.90. The third-order valence-electron chi connectivity index (χ3n) is 5.56. The van der Waals surface area contributed by atoms with Crippen LogP contribution in [0.25, 0.3) is 0 Å². The van der Waals surface area contributed by atoms with Crippen molar-refractivity contribution in [2.24, 2.45) is 0 Å². The van der Waals surface area contributed by atoms with Crippen molar-refractivity contribution in [3.05, 3.63) is 64.7 Å². The first-order valence-electron chi connectivity index (χ1n) is 11.0. The maximum atomic E-state index is 12.9. The first kappa shape index (κ1) is 23.4. The molecule has 1 amide bonds. The molecule has 0 aromatic heterocycles. The predicted molar refractivity (Wildman–Crippen MR) is 123 cm³/mol. The minimum Gasteiger partial charge on any atom is -0.348 e. The quantitative estimate of drug-likeness (QED) is 0.653. The highest BCUT2D eigenvalue weighted by Gasteiger charge is 2.19. The highest BCUT2D eigenvalue weighted by Crippen LogP contribution is 2.18. The summed E-state index contributed by atoms with van der Waals surface area (Å²) in [5, 5.41) is 2.98. The molecule has 0 atom stereocenters. The Balaban J connectivity index is 1.72. The molecule has 2 aromatic rings. The number of nitrogens with one attached hydrogen (secondary N) is 2. The van der Waals surface area contributed by atoms with Crippen molar-refractivity contribution in [3.8, 4) is 0 Å². The second kappa shape index (κ2) is 10.4. The fourth-order valence-corrected chi connectivity index (χ4v) is 5.18. The topological polar surface area (TPSA) is 78.5 Å². The van der Waals surface area contributed by atoms with Gasteiger partial charge in [0, 0.05) is 24.7 Å². The summed E-state index contributed by atoms with van der Waals surface area (Å²) in [5.74, 6) is -0.271. The Morgan fingerprint density at radius 2 is 1.71 bits per heavy atom. The number of benzene rings is 2. The van der Waals surface area contributed by atoms with Crippen molar-refractivity contribution >= 4 is 15.9 Å². The number of piperidine rings is 1. The molecule has 3 rings (SSSR count). The molecule has 31 heavy (non-hydrogen) atoms. The Morgan fingerprint density at radius 1 is 1.03 bits per heavy atom. The average molecular weight is 444 g/mol. The van der Waals surface area contributed by atoms with E-state index in [9.17, 15) is 13.2 Å². The lowest BCUT2D eigenvalue weighted by Crippen LogP contribution is -2.31. The summed E-state index contributed by atoms with van der Waals surface area (Å²) >= 11 is 0. The molecule has 7 heteroatoms. The molecule has 6 nitrogen and oxygen atoms in total. The van der Waals surface area contributed by atoms with Crippen LogP contribution in [0.1, 0.15) is 60.2 Å². The molecule has 0 unspecified atom stereocenters. The fraction of sp³-hybridized carbons (Fsp3) is 0.458. The standard InChI is InChI=1S/C24H33N3O3S/c1-18(2)26-31(29,30)22-12-11-19(3)23(15-22)24(28)25-16-20-9-5-6-10-21(20)17-27-13-7-4-8-14-27/h5-6,9-12,15,18,26H,4,7-8,13-14,16-17H2,1-3H3,(H,25,28). The summed E-state index contributed by atoms with van der Waals surface area (Å²) in [5.41, 5.74) is 3.42. The van der Waals surface area contributed by atoms with Gasteiger partial charge in [0.2, 0.25) is 10.0 Å². The van der Waals surface area contributed by atoms with E-state index in [1.165, 1.54) is 37.0 Å². The predicted octanol–water partition coefficient (Wildman–Crippen LogP) is 3.60. The highest BCUT2D eigenvalue weighted by molar-refractivity contribution is 7.89. The first-order chi connectivity index (χ1) is 14.8. The molecule has 1 saturated heterocycles. The van der Waals surface area contributed by atoms with Gasteiger partial charge in [0.1, 0.15) is 0 Å². The number of hydrogen-bond acceptors (Lipinski definition) is 4. The van der Waals surface area contributed by atoms with Gasteiger partial charge in [0.15, 0.2) is 0 Å². The van der Waals surface area contributed by atoms with Crippen LogP contribution in [0.4, 0.5) is 0 Å². The van der Waals surface area contributed by atoms with Crippen molar-refractivity contribution in [2.45, 2.75) is 64.1 Å². The van der Waals surface area contributed by atoms with Crippen molar-refractivity contribution in [3.63, 3.8) is 0 Å². The van der Waals surface area contributed by atoms with Gasteiger partial charge in [0.25, 0.3) is 5.91 Å². The molecule has 0 aliphatic carbocycles. The molecule has 0 radical (unpaired) electrons. The smallest absolute Gasteiger partial charge is 0.251 e. The van der Waals surface area contributed by atoms with Crippen LogP contribution in [-0.4, -0.2) is 38.4 Å². The van der Waals surface area contributed by atoms with Gasteiger partial charge in [-0.3, -0.25) is 9.69 Å². The molecule has 168 valence electrons. The molecule has 1 fully saturated rings. The number of likely N-dealkylation sites (tertiary alicyclic amines) is 1. The first-order valence-corrected chi connectivity index (χ1v) is 12.4. The number of aryl methyl sites for hydroxylation is 1. The third-order valence-corrected chi connectivity index (χ3v) is 7.21. The normalized spacial score (nSPS) is 15.2. The van der Waals surface area contributed by atoms with Crippen LogP contribution in [-0.2, 0) is 23.1 Å². The van der Waals surface area contributed by atoms with Gasteiger partial charge < -0.3 is 5.32 Å². The van der Waals surface area contributed by atoms with Crippen LogP contribution < -0.4 is 10.0 Å². The van der Waals surface area contributed by atoms with E-state index in [1.807, 2.05) is 25.1 Å². The number of sulfonamides is 1. The van der Waals surface area contributed by atoms with Gasteiger partial charge in [-0.1, -0.05) is 36.8 Å². The third kappa shape index (κ3) is 6.38. The zero-order valence-electron chi connectivity index (χ0n) is 18.6. The molecule has 2 N–H and O–H groups in total. The Labute approximate surface area is 186 Å². The van der Waals surface area contributed by atoms with Gasteiger partial charge >= 0.3 is 0 Å². The Bertz CT molecular complexity index is 1010. The molecule has 1 heterocycles. The lowest BCUT2D eigenvalue weighted by atomic mass is 10.0. The van der Waals surface area contributed by atoms with Gasteiger partial charge in [-0.25, -0.2) is 13.1 Å². The average Bonchev–Trinajstić information content (AvgIpc) is 2.73. The van der Waals surface area contributed by atoms with E-state index < -0.39 is 10.0 Å². The minimum absolute atomic E-state index is 0.0995. The van der Waals surface area contributed by atoms with E-state index in [1.54, 1.807) is 19.9 Å². The maximum absolute atomic E-state index is 12.9. The van der Waals surface area contributed by atoms with Gasteiger partial charge in [-0.05, 0) is 75.5 Å². The van der Waals surface area contributed by atoms with Crippen molar-refractivity contribution in [2.75, 3.05) is 13.1 Å². The van der Waals surface area contributed by atoms with E-state index in [4.69, 9.17) is 0 Å². The van der Waals surface area contributed by atoms with Crippen molar-refractivity contribution in [1.29, 1.82) is 0 Å². The highest BCUT2D eigenvalue weighted by atomic mass is 32.2. The monoisotopic (exact) mass is 443 g/mol. The van der Waals surface area contributed by atoms with E-state index in [0.717, 1.165) is 30.8 Å². The zero-order chi connectivity index (χ0) is 22.4. The number of amides is 1. The Hall–Kier alpha value is -2.22. The van der Waals surface area contributed by atoms with Crippen LogP contribution in [0.3, 0.4) is 0 Å². The summed E-state index contributed by atoms with van der Waals surface area (Å²) in [6.45, 7) is 8.87. The summed E-state index contributed by atoms with van der Waals surface area (Å²) in [7, 11) is -3.66. The number of rotatable bonds is 8. The molecule has 1 aliphatic rings. The van der Waals surface area contributed by atoms with Crippen molar-refractivity contribution in [1.82, 2.24) is 14.9 Å². The Morgan fingerprint density at radius 3 is 2.39 bits per heavy atom. The van der Waals surface area contributed by atoms with Gasteiger partial charge in [0.05, 0.1) is 4.90 Å². The van der Waals surface area contributed by atoms with E-state index in [0.29, 0.717) is 12.1 Å². The SMILES string of the molecule is Cc1ccc(S(=O)(=O)NC(C)C)cc1C(=O)NCc1ccccc1CN1CCCCC1. The van der Waals surface area contributed by atoms with Crippen molar-refractivity contribution < 1.29 is 13.2 Å². The second-order valence-corrected chi connectivity index (χ2v) is 10.3. The maximum Gasteiger partial charge on any atom is 0.251 e. The second-order valence-electron chi connectivity index (χ2n) is 8.54. The van der Waals surface area contributed by atoms with Gasteiger partial charge in [-0.2, -0.15) is 0 Å². The Kier molecular flexibility index (Phi) is 7.86. The molecule has 1 aliphatic heterocycles. The molecular weight excluding hydrogens is 410 g/mol. The molecule has 0 saturated carbocycles. The molecule has 2 aromatic carbocycles. The zero-order valence-corrected chi connectivity index (χ0v) is 19.5. The number of nitrogens with zero attached hydrogens (tertiary/aromatic N) is 1. The van der Waals surface area contributed by atoms with E-state index >= 15 is 0 Å². The summed E-state index contributed by atoms with van der Waals surface area (Å²) in [4.78, 5) is 15.5. The lowest BCUT2D eigenvalue weighted by Gasteiger charge is -2.27. The lowest BCUT2D eigenvalue weighted by molar-refractivity contribution is 0.0950. The van der Waals surface area contributed by atoms with E-state index in [-0.39, 0.29) is 16.8 Å². The summed E-state index contributed by atoms with van der Waals surface area (Å²) < 4.78 is 27.5. The number of carbonyl (C=O) groups is 1. The van der Waals surface area contributed by atoms with Crippen LogP contribution >= 0.6 is 0 Å². The minimum atomic E-state index is -3.66. The van der Waals surface area contributed by atoms with Crippen LogP contribution in [0.15, 0.2) is 47.4 Å². The van der Waals surface area contributed by atoms with Crippen LogP contribution in [0, 0.1) is 6.92 Å². The number of hydrogen-bond donors (Lipinski definition) is 2. The summed E-state index contributed by atoms with van der Waals surface area (Å²) in [6, 6.07) is 12.6.